The standard InChI is InChI=1S/C15H22N2O2S/c1-11-6-4-5-9-17(11)15(20)16-13-8-7-12(18-2)10-14(13)19-3/h7-8,10-11H,4-6,9H2,1-3H3,(H,16,20)/t11-/m1/s1. The Hall–Kier alpha value is -1.49. The highest BCUT2D eigenvalue weighted by Crippen LogP contribution is 2.29. The van der Waals surface area contributed by atoms with E-state index in [4.69, 9.17) is 21.7 Å². The van der Waals surface area contributed by atoms with Crippen molar-refractivity contribution >= 4 is 23.0 Å². The van der Waals surface area contributed by atoms with Crippen LogP contribution >= 0.6 is 12.2 Å². The minimum atomic E-state index is 0.494. The van der Waals surface area contributed by atoms with Crippen LogP contribution in [0.1, 0.15) is 26.2 Å². The molecular formula is C15H22N2O2S. The Morgan fingerprint density at radius 1 is 1.30 bits per heavy atom. The molecule has 1 aliphatic heterocycles. The average molecular weight is 294 g/mol. The number of thiocarbonyl (C=S) groups is 1. The molecule has 1 aromatic rings. The Bertz CT molecular complexity index is 479. The monoisotopic (exact) mass is 294 g/mol. The third kappa shape index (κ3) is 3.33. The highest BCUT2D eigenvalue weighted by molar-refractivity contribution is 7.80. The van der Waals surface area contributed by atoms with Gasteiger partial charge in [-0.3, -0.25) is 0 Å². The van der Waals surface area contributed by atoms with E-state index >= 15 is 0 Å². The first kappa shape index (κ1) is 14.9. The number of nitrogens with zero attached hydrogens (tertiary/aromatic N) is 1. The largest absolute Gasteiger partial charge is 0.497 e. The van der Waals surface area contributed by atoms with Crippen molar-refractivity contribution in [3.63, 3.8) is 0 Å². The van der Waals surface area contributed by atoms with Gasteiger partial charge < -0.3 is 19.7 Å². The first-order valence-corrected chi connectivity index (χ1v) is 7.36. The maximum atomic E-state index is 5.53. The van der Waals surface area contributed by atoms with Gasteiger partial charge in [0.1, 0.15) is 11.5 Å². The predicted octanol–water partition coefficient (Wildman–Crippen LogP) is 3.28. The quantitative estimate of drug-likeness (QED) is 0.865. The van der Waals surface area contributed by atoms with Crippen molar-refractivity contribution in [2.24, 2.45) is 0 Å². The summed E-state index contributed by atoms with van der Waals surface area (Å²) in [6, 6.07) is 6.17. The normalized spacial score (nSPS) is 18.6. The molecule has 0 amide bonds. The molecule has 0 saturated carbocycles. The van der Waals surface area contributed by atoms with Crippen LogP contribution in [0.4, 0.5) is 5.69 Å². The summed E-state index contributed by atoms with van der Waals surface area (Å²) in [7, 11) is 3.29. The van der Waals surface area contributed by atoms with E-state index in [0.717, 1.165) is 28.8 Å². The highest BCUT2D eigenvalue weighted by atomic mass is 32.1. The fraction of sp³-hybridized carbons (Fsp3) is 0.533. The van der Waals surface area contributed by atoms with E-state index in [1.807, 2.05) is 18.2 Å². The number of anilines is 1. The lowest BCUT2D eigenvalue weighted by molar-refractivity contribution is 0.262. The molecule has 110 valence electrons. The Balaban J connectivity index is 2.10. The van der Waals surface area contributed by atoms with Gasteiger partial charge in [-0.25, -0.2) is 0 Å². The Kier molecular flexibility index (Phi) is 5.06. The molecule has 20 heavy (non-hydrogen) atoms. The van der Waals surface area contributed by atoms with Gasteiger partial charge in [0, 0.05) is 18.7 Å². The topological polar surface area (TPSA) is 33.7 Å². The molecule has 0 aromatic heterocycles. The van der Waals surface area contributed by atoms with Crippen LogP contribution in [0.5, 0.6) is 11.5 Å². The molecule has 1 heterocycles. The molecule has 0 aliphatic carbocycles. The molecule has 0 spiro atoms. The molecule has 1 fully saturated rings. The Morgan fingerprint density at radius 3 is 2.75 bits per heavy atom. The first-order valence-electron chi connectivity index (χ1n) is 6.95. The van der Waals surface area contributed by atoms with Crippen molar-refractivity contribution < 1.29 is 9.47 Å². The summed E-state index contributed by atoms with van der Waals surface area (Å²) >= 11 is 5.53. The molecule has 4 nitrogen and oxygen atoms in total. The molecule has 1 atom stereocenters. The summed E-state index contributed by atoms with van der Waals surface area (Å²) in [6.45, 7) is 3.24. The number of piperidine rings is 1. The number of methoxy groups -OCH3 is 2. The number of hydrogen-bond donors (Lipinski definition) is 1. The van der Waals surface area contributed by atoms with Crippen molar-refractivity contribution in [3.05, 3.63) is 18.2 Å². The fourth-order valence-corrected chi connectivity index (χ4v) is 2.87. The third-order valence-electron chi connectivity index (χ3n) is 3.71. The van der Waals surface area contributed by atoms with Gasteiger partial charge in [-0.1, -0.05) is 0 Å². The van der Waals surface area contributed by atoms with Crippen LogP contribution in [-0.2, 0) is 0 Å². The summed E-state index contributed by atoms with van der Waals surface area (Å²) in [5.74, 6) is 1.50. The van der Waals surface area contributed by atoms with Crippen LogP contribution in [0, 0.1) is 0 Å². The van der Waals surface area contributed by atoms with Crippen LogP contribution < -0.4 is 14.8 Å². The maximum Gasteiger partial charge on any atom is 0.173 e. The Morgan fingerprint density at radius 2 is 2.10 bits per heavy atom. The number of nitrogens with one attached hydrogen (secondary N) is 1. The van der Waals surface area contributed by atoms with Gasteiger partial charge in [-0.05, 0) is 50.5 Å². The molecule has 2 rings (SSSR count). The second-order valence-corrected chi connectivity index (χ2v) is 5.42. The minimum absolute atomic E-state index is 0.494. The van der Waals surface area contributed by atoms with Crippen molar-refractivity contribution in [2.45, 2.75) is 32.2 Å². The van der Waals surface area contributed by atoms with E-state index < -0.39 is 0 Å². The zero-order valence-electron chi connectivity index (χ0n) is 12.3. The van der Waals surface area contributed by atoms with Crippen molar-refractivity contribution in [3.8, 4) is 11.5 Å². The van der Waals surface area contributed by atoms with Gasteiger partial charge in [-0.2, -0.15) is 0 Å². The van der Waals surface area contributed by atoms with E-state index in [-0.39, 0.29) is 0 Å². The zero-order valence-corrected chi connectivity index (χ0v) is 13.1. The molecule has 5 heteroatoms. The van der Waals surface area contributed by atoms with Gasteiger partial charge in [0.05, 0.1) is 19.9 Å². The molecule has 0 radical (unpaired) electrons. The van der Waals surface area contributed by atoms with E-state index in [2.05, 4.69) is 17.1 Å². The highest BCUT2D eigenvalue weighted by Gasteiger charge is 2.21. The van der Waals surface area contributed by atoms with Crippen LogP contribution in [0.15, 0.2) is 18.2 Å². The summed E-state index contributed by atoms with van der Waals surface area (Å²) in [5.41, 5.74) is 0.871. The predicted molar refractivity (Wildman–Crippen MR) is 85.8 cm³/mol. The van der Waals surface area contributed by atoms with Gasteiger partial charge in [0.2, 0.25) is 0 Å². The molecule has 1 saturated heterocycles. The van der Waals surface area contributed by atoms with E-state index in [9.17, 15) is 0 Å². The number of hydrogen-bond acceptors (Lipinski definition) is 3. The van der Waals surface area contributed by atoms with E-state index in [0.29, 0.717) is 6.04 Å². The number of likely N-dealkylation sites (tertiary alicyclic amines) is 1. The SMILES string of the molecule is COc1ccc(NC(=S)N2CCCC[C@H]2C)c(OC)c1. The van der Waals surface area contributed by atoms with Gasteiger partial charge in [0.15, 0.2) is 5.11 Å². The molecule has 0 unspecified atom stereocenters. The van der Waals surface area contributed by atoms with Crippen molar-refractivity contribution in [1.82, 2.24) is 4.90 Å². The number of rotatable bonds is 3. The van der Waals surface area contributed by atoms with Crippen molar-refractivity contribution in [2.75, 3.05) is 26.1 Å². The summed E-state index contributed by atoms with van der Waals surface area (Å²) < 4.78 is 10.6. The lowest BCUT2D eigenvalue weighted by Crippen LogP contribution is -2.44. The minimum Gasteiger partial charge on any atom is -0.497 e. The summed E-state index contributed by atoms with van der Waals surface area (Å²) in [5, 5.41) is 4.05. The first-order chi connectivity index (χ1) is 9.65. The number of benzene rings is 1. The lowest BCUT2D eigenvalue weighted by atomic mass is 10.0. The molecular weight excluding hydrogens is 272 g/mol. The van der Waals surface area contributed by atoms with E-state index in [1.54, 1.807) is 14.2 Å². The molecule has 1 aliphatic rings. The zero-order chi connectivity index (χ0) is 14.5. The van der Waals surface area contributed by atoms with Crippen LogP contribution in [0.3, 0.4) is 0 Å². The van der Waals surface area contributed by atoms with Crippen LogP contribution in [0.2, 0.25) is 0 Å². The Labute approximate surface area is 126 Å². The van der Waals surface area contributed by atoms with Gasteiger partial charge in [-0.15, -0.1) is 0 Å². The maximum absolute atomic E-state index is 5.53. The second-order valence-electron chi connectivity index (χ2n) is 5.03. The summed E-state index contributed by atoms with van der Waals surface area (Å²) in [4.78, 5) is 2.25. The number of ether oxygens (including phenoxy) is 2. The molecule has 1 aromatic carbocycles. The molecule has 0 bridgehead atoms. The molecule has 1 N–H and O–H groups in total. The van der Waals surface area contributed by atoms with Gasteiger partial charge >= 0.3 is 0 Å². The smallest absolute Gasteiger partial charge is 0.173 e. The van der Waals surface area contributed by atoms with Crippen LogP contribution in [0.25, 0.3) is 0 Å². The van der Waals surface area contributed by atoms with Crippen molar-refractivity contribution in [1.29, 1.82) is 0 Å². The third-order valence-corrected chi connectivity index (χ3v) is 4.05. The van der Waals surface area contributed by atoms with Crippen LogP contribution in [-0.4, -0.2) is 36.8 Å². The lowest BCUT2D eigenvalue weighted by Gasteiger charge is -2.35. The van der Waals surface area contributed by atoms with E-state index in [1.165, 1.54) is 19.3 Å². The fourth-order valence-electron chi connectivity index (χ4n) is 2.49. The average Bonchev–Trinajstić information content (AvgIpc) is 2.48. The van der Waals surface area contributed by atoms with Gasteiger partial charge in [0.25, 0.3) is 0 Å². The summed E-state index contributed by atoms with van der Waals surface area (Å²) in [6.07, 6.45) is 3.68. The second kappa shape index (κ2) is 6.79.